The molecule has 1 unspecified atom stereocenters. The molecule has 0 aliphatic rings. The van der Waals surface area contributed by atoms with Crippen LogP contribution < -0.4 is 0 Å². The Morgan fingerprint density at radius 3 is 2.05 bits per heavy atom. The second-order valence-corrected chi connectivity index (χ2v) is 5.77. The van der Waals surface area contributed by atoms with E-state index in [1.54, 1.807) is 0 Å². The van der Waals surface area contributed by atoms with Crippen LogP contribution in [0.1, 0.15) is 41.3 Å². The summed E-state index contributed by atoms with van der Waals surface area (Å²) in [6.07, 6.45) is 0. The summed E-state index contributed by atoms with van der Waals surface area (Å²) in [5, 5.41) is 0. The minimum atomic E-state index is -0.431. The van der Waals surface area contributed by atoms with Crippen LogP contribution in [-0.4, -0.2) is 0 Å². The SMILES string of the molecule is CC(C)c1ccc(C(Br)c2cc(F)ccc2F)cc1. The standard InChI is InChI=1S/C16H15BrF2/c1-10(2)11-3-5-12(6-4-11)16(17)14-9-13(18)7-8-15(14)19/h3-10,16H,1-2H3. The largest absolute Gasteiger partial charge is 0.207 e. The molecule has 0 spiro atoms. The van der Waals surface area contributed by atoms with Gasteiger partial charge < -0.3 is 0 Å². The molecule has 0 heterocycles. The fraction of sp³-hybridized carbons (Fsp3) is 0.250. The van der Waals surface area contributed by atoms with Crippen molar-refractivity contribution in [2.24, 2.45) is 0 Å². The van der Waals surface area contributed by atoms with Crippen LogP contribution in [-0.2, 0) is 0 Å². The molecular formula is C16H15BrF2. The predicted octanol–water partition coefficient (Wildman–Crippen LogP) is 5.57. The molecule has 0 radical (unpaired) electrons. The van der Waals surface area contributed by atoms with E-state index in [9.17, 15) is 8.78 Å². The maximum atomic E-state index is 13.7. The third-order valence-corrected chi connectivity index (χ3v) is 4.15. The van der Waals surface area contributed by atoms with Crippen LogP contribution in [0.25, 0.3) is 0 Å². The highest BCUT2D eigenvalue weighted by Gasteiger charge is 2.15. The molecule has 0 fully saturated rings. The molecule has 0 saturated carbocycles. The Kier molecular flexibility index (Phi) is 4.35. The summed E-state index contributed by atoms with van der Waals surface area (Å²) in [7, 11) is 0. The summed E-state index contributed by atoms with van der Waals surface area (Å²) >= 11 is 3.43. The number of hydrogen-bond acceptors (Lipinski definition) is 0. The van der Waals surface area contributed by atoms with Gasteiger partial charge >= 0.3 is 0 Å². The number of alkyl halides is 1. The summed E-state index contributed by atoms with van der Waals surface area (Å²) < 4.78 is 26.9. The third kappa shape index (κ3) is 3.21. The lowest BCUT2D eigenvalue weighted by atomic mass is 9.98. The summed E-state index contributed by atoms with van der Waals surface area (Å²) in [6, 6.07) is 11.4. The topological polar surface area (TPSA) is 0 Å². The second-order valence-electron chi connectivity index (χ2n) is 4.85. The van der Waals surface area contributed by atoms with Crippen LogP contribution in [0.2, 0.25) is 0 Å². The summed E-state index contributed by atoms with van der Waals surface area (Å²) in [6.45, 7) is 4.24. The lowest BCUT2D eigenvalue weighted by molar-refractivity contribution is 0.588. The van der Waals surface area contributed by atoms with E-state index in [0.717, 1.165) is 17.7 Å². The highest BCUT2D eigenvalue weighted by molar-refractivity contribution is 9.09. The van der Waals surface area contributed by atoms with Crippen molar-refractivity contribution in [2.45, 2.75) is 24.6 Å². The maximum absolute atomic E-state index is 13.7. The molecule has 0 aliphatic carbocycles. The smallest absolute Gasteiger partial charge is 0.128 e. The van der Waals surface area contributed by atoms with Crippen LogP contribution in [0, 0.1) is 11.6 Å². The van der Waals surface area contributed by atoms with E-state index >= 15 is 0 Å². The molecule has 100 valence electrons. The Morgan fingerprint density at radius 2 is 1.47 bits per heavy atom. The molecule has 3 heteroatoms. The van der Waals surface area contributed by atoms with Crippen molar-refractivity contribution >= 4 is 15.9 Å². The zero-order valence-corrected chi connectivity index (χ0v) is 12.4. The molecule has 0 aromatic heterocycles. The maximum Gasteiger partial charge on any atom is 0.128 e. The molecule has 0 amide bonds. The van der Waals surface area contributed by atoms with Crippen molar-refractivity contribution in [2.75, 3.05) is 0 Å². The van der Waals surface area contributed by atoms with Crippen LogP contribution in [0.15, 0.2) is 42.5 Å². The van der Waals surface area contributed by atoms with E-state index in [1.165, 1.54) is 11.6 Å². The van der Waals surface area contributed by atoms with Gasteiger partial charge in [-0.15, -0.1) is 0 Å². The average molecular weight is 325 g/mol. The fourth-order valence-corrected chi connectivity index (χ4v) is 2.59. The van der Waals surface area contributed by atoms with Gasteiger partial charge in [-0.2, -0.15) is 0 Å². The Bertz CT molecular complexity index is 561. The van der Waals surface area contributed by atoms with Gasteiger partial charge in [0.05, 0.1) is 4.83 Å². The highest BCUT2D eigenvalue weighted by Crippen LogP contribution is 2.33. The fourth-order valence-electron chi connectivity index (χ4n) is 1.94. The molecule has 0 saturated heterocycles. The number of benzene rings is 2. The zero-order valence-electron chi connectivity index (χ0n) is 10.8. The molecular weight excluding hydrogens is 310 g/mol. The highest BCUT2D eigenvalue weighted by atomic mass is 79.9. The number of hydrogen-bond donors (Lipinski definition) is 0. The van der Waals surface area contributed by atoms with Crippen molar-refractivity contribution in [3.05, 3.63) is 70.8 Å². The van der Waals surface area contributed by atoms with Gasteiger partial charge in [0.25, 0.3) is 0 Å². The van der Waals surface area contributed by atoms with E-state index < -0.39 is 11.6 Å². The van der Waals surface area contributed by atoms with E-state index in [4.69, 9.17) is 0 Å². The number of halogens is 3. The minimum absolute atomic E-state index is 0.317. The molecule has 1 atom stereocenters. The normalized spacial score (nSPS) is 12.7. The first kappa shape index (κ1) is 14.2. The van der Waals surface area contributed by atoms with Crippen LogP contribution in [0.4, 0.5) is 8.78 Å². The van der Waals surface area contributed by atoms with Crippen molar-refractivity contribution < 1.29 is 8.78 Å². The van der Waals surface area contributed by atoms with E-state index in [-0.39, 0.29) is 4.83 Å². The van der Waals surface area contributed by atoms with Gasteiger partial charge in [0.15, 0.2) is 0 Å². The Balaban J connectivity index is 2.33. The molecule has 2 aromatic carbocycles. The van der Waals surface area contributed by atoms with Crippen LogP contribution in [0.5, 0.6) is 0 Å². The molecule has 0 bridgehead atoms. The molecule has 0 aliphatic heterocycles. The van der Waals surface area contributed by atoms with E-state index in [1.807, 2.05) is 24.3 Å². The molecule has 0 N–H and O–H groups in total. The van der Waals surface area contributed by atoms with Crippen molar-refractivity contribution in [3.8, 4) is 0 Å². The second kappa shape index (κ2) is 5.83. The molecule has 19 heavy (non-hydrogen) atoms. The van der Waals surface area contributed by atoms with Crippen molar-refractivity contribution in [3.63, 3.8) is 0 Å². The van der Waals surface area contributed by atoms with Crippen LogP contribution in [0.3, 0.4) is 0 Å². The molecule has 0 nitrogen and oxygen atoms in total. The molecule has 2 aromatic rings. The minimum Gasteiger partial charge on any atom is -0.207 e. The van der Waals surface area contributed by atoms with Crippen molar-refractivity contribution in [1.29, 1.82) is 0 Å². The monoisotopic (exact) mass is 324 g/mol. The third-order valence-electron chi connectivity index (χ3n) is 3.13. The van der Waals surface area contributed by atoms with Gasteiger partial charge in [0, 0.05) is 5.56 Å². The van der Waals surface area contributed by atoms with Crippen LogP contribution >= 0.6 is 15.9 Å². The first-order valence-electron chi connectivity index (χ1n) is 6.18. The summed E-state index contributed by atoms with van der Waals surface area (Å²) in [4.78, 5) is -0.343. The van der Waals surface area contributed by atoms with Gasteiger partial charge in [-0.3, -0.25) is 0 Å². The average Bonchev–Trinajstić information content (AvgIpc) is 2.41. The lowest BCUT2D eigenvalue weighted by Gasteiger charge is -2.13. The van der Waals surface area contributed by atoms with E-state index in [0.29, 0.717) is 11.5 Å². The van der Waals surface area contributed by atoms with Gasteiger partial charge in [-0.25, -0.2) is 8.78 Å². The lowest BCUT2D eigenvalue weighted by Crippen LogP contribution is -1.98. The predicted molar refractivity (Wildman–Crippen MR) is 77.7 cm³/mol. The van der Waals surface area contributed by atoms with Crippen molar-refractivity contribution in [1.82, 2.24) is 0 Å². The van der Waals surface area contributed by atoms with Gasteiger partial charge in [-0.1, -0.05) is 54.0 Å². The van der Waals surface area contributed by atoms with E-state index in [2.05, 4.69) is 29.8 Å². The first-order valence-corrected chi connectivity index (χ1v) is 7.09. The van der Waals surface area contributed by atoms with Gasteiger partial charge in [-0.05, 0) is 35.2 Å². The zero-order chi connectivity index (χ0) is 14.0. The summed E-state index contributed by atoms with van der Waals surface area (Å²) in [5.74, 6) is -0.385. The Hall–Kier alpha value is -1.22. The van der Waals surface area contributed by atoms with Gasteiger partial charge in [0.1, 0.15) is 11.6 Å². The molecule has 2 rings (SSSR count). The Labute approximate surface area is 120 Å². The first-order chi connectivity index (χ1) is 8.99. The quantitative estimate of drug-likeness (QED) is 0.647. The van der Waals surface area contributed by atoms with Gasteiger partial charge in [0.2, 0.25) is 0 Å². The Morgan fingerprint density at radius 1 is 0.895 bits per heavy atom. The number of rotatable bonds is 3. The summed E-state index contributed by atoms with van der Waals surface area (Å²) in [5.41, 5.74) is 2.45.